The van der Waals surface area contributed by atoms with E-state index in [0.717, 1.165) is 11.0 Å². The van der Waals surface area contributed by atoms with Gasteiger partial charge in [-0.25, -0.2) is 4.79 Å². The number of aromatic nitrogens is 2. The van der Waals surface area contributed by atoms with Crippen LogP contribution in [0.25, 0.3) is 10.9 Å². The molecule has 22 heavy (non-hydrogen) atoms. The Labute approximate surface area is 128 Å². The Balaban J connectivity index is 2.33. The smallest absolute Gasteiger partial charge is 0.328 e. The summed E-state index contributed by atoms with van der Waals surface area (Å²) in [6.07, 6.45) is 0.900. The highest BCUT2D eigenvalue weighted by molar-refractivity contribution is 5.97. The van der Waals surface area contributed by atoms with Crippen molar-refractivity contribution in [3.05, 3.63) is 44.6 Å². The number of amides is 1. The van der Waals surface area contributed by atoms with E-state index in [0.29, 0.717) is 35.5 Å². The summed E-state index contributed by atoms with van der Waals surface area (Å²) < 4.78 is 1.13. The molecule has 2 N–H and O–H groups in total. The molecule has 0 bridgehead atoms. The number of nitrogens with zero attached hydrogens (tertiary/aromatic N) is 1. The maximum atomic E-state index is 12.2. The van der Waals surface area contributed by atoms with Crippen molar-refractivity contribution in [2.75, 3.05) is 6.54 Å². The van der Waals surface area contributed by atoms with Crippen LogP contribution in [0, 0.1) is 5.92 Å². The van der Waals surface area contributed by atoms with Gasteiger partial charge in [-0.1, -0.05) is 13.8 Å². The second kappa shape index (κ2) is 6.60. The summed E-state index contributed by atoms with van der Waals surface area (Å²) in [6, 6.07) is 4.73. The Bertz CT molecular complexity index is 802. The van der Waals surface area contributed by atoms with Crippen molar-refractivity contribution < 1.29 is 4.79 Å². The van der Waals surface area contributed by atoms with Crippen molar-refractivity contribution in [2.45, 2.75) is 33.7 Å². The first-order valence-electron chi connectivity index (χ1n) is 7.49. The van der Waals surface area contributed by atoms with Gasteiger partial charge in [-0.05, 0) is 37.5 Å². The van der Waals surface area contributed by atoms with Crippen molar-refractivity contribution in [1.29, 1.82) is 0 Å². The first kappa shape index (κ1) is 16.0. The second-order valence-corrected chi connectivity index (χ2v) is 5.68. The van der Waals surface area contributed by atoms with Crippen LogP contribution in [-0.2, 0) is 6.54 Å². The third-order valence-corrected chi connectivity index (χ3v) is 3.57. The predicted octanol–water partition coefficient (Wildman–Crippen LogP) is 1.49. The Morgan fingerprint density at radius 2 is 2.05 bits per heavy atom. The van der Waals surface area contributed by atoms with Crippen molar-refractivity contribution in [3.63, 3.8) is 0 Å². The van der Waals surface area contributed by atoms with Crippen LogP contribution in [0.3, 0.4) is 0 Å². The highest BCUT2D eigenvalue weighted by Gasteiger charge is 2.10. The van der Waals surface area contributed by atoms with E-state index in [1.165, 1.54) is 0 Å². The van der Waals surface area contributed by atoms with E-state index < -0.39 is 5.69 Å². The third kappa shape index (κ3) is 3.27. The molecule has 6 nitrogen and oxygen atoms in total. The summed E-state index contributed by atoms with van der Waals surface area (Å²) >= 11 is 0. The van der Waals surface area contributed by atoms with Gasteiger partial charge in [0.1, 0.15) is 0 Å². The van der Waals surface area contributed by atoms with Crippen molar-refractivity contribution in [1.82, 2.24) is 14.9 Å². The SMILES string of the molecule is CCn1c(=O)[nH]c2cc(C(=O)NCCC(C)C)ccc2c1=O. The molecule has 1 aromatic carbocycles. The first-order valence-corrected chi connectivity index (χ1v) is 7.49. The number of carbonyl (C=O) groups excluding carboxylic acids is 1. The fourth-order valence-corrected chi connectivity index (χ4v) is 2.26. The summed E-state index contributed by atoms with van der Waals surface area (Å²) in [5, 5.41) is 3.24. The van der Waals surface area contributed by atoms with E-state index in [9.17, 15) is 14.4 Å². The molecule has 0 radical (unpaired) electrons. The van der Waals surface area contributed by atoms with E-state index in [2.05, 4.69) is 24.1 Å². The van der Waals surface area contributed by atoms with Gasteiger partial charge in [-0.3, -0.25) is 14.2 Å². The van der Waals surface area contributed by atoms with Gasteiger partial charge in [0, 0.05) is 18.7 Å². The second-order valence-electron chi connectivity index (χ2n) is 5.68. The Morgan fingerprint density at radius 1 is 1.32 bits per heavy atom. The lowest BCUT2D eigenvalue weighted by Crippen LogP contribution is -2.34. The average molecular weight is 303 g/mol. The molecule has 1 heterocycles. The van der Waals surface area contributed by atoms with Crippen LogP contribution >= 0.6 is 0 Å². The van der Waals surface area contributed by atoms with Gasteiger partial charge in [-0.2, -0.15) is 0 Å². The van der Waals surface area contributed by atoms with E-state index >= 15 is 0 Å². The summed E-state index contributed by atoms with van der Waals surface area (Å²) in [5.74, 6) is 0.309. The molecule has 2 rings (SSSR count). The highest BCUT2D eigenvalue weighted by atomic mass is 16.2. The number of rotatable bonds is 5. The van der Waals surface area contributed by atoms with E-state index in [1.54, 1.807) is 25.1 Å². The quantitative estimate of drug-likeness (QED) is 0.877. The predicted molar refractivity (Wildman–Crippen MR) is 86.3 cm³/mol. The summed E-state index contributed by atoms with van der Waals surface area (Å²) in [6.45, 7) is 6.82. The summed E-state index contributed by atoms with van der Waals surface area (Å²) in [4.78, 5) is 38.7. The molecule has 0 spiro atoms. The number of hydrogen-bond acceptors (Lipinski definition) is 3. The zero-order valence-corrected chi connectivity index (χ0v) is 13.1. The Kier molecular flexibility index (Phi) is 4.80. The minimum atomic E-state index is -0.461. The standard InChI is InChI=1S/C16H21N3O3/c1-4-19-15(21)12-6-5-11(9-13(12)18-16(19)22)14(20)17-8-7-10(2)3/h5-6,9-10H,4,7-8H2,1-3H3,(H,17,20)(H,18,22). The Morgan fingerprint density at radius 3 is 2.68 bits per heavy atom. The van der Waals surface area contributed by atoms with Crippen LogP contribution in [-0.4, -0.2) is 22.0 Å². The number of H-pyrrole nitrogens is 1. The van der Waals surface area contributed by atoms with Crippen molar-refractivity contribution in [2.24, 2.45) is 5.92 Å². The monoisotopic (exact) mass is 303 g/mol. The van der Waals surface area contributed by atoms with E-state index in [4.69, 9.17) is 0 Å². The van der Waals surface area contributed by atoms with Crippen molar-refractivity contribution in [3.8, 4) is 0 Å². The fourth-order valence-electron chi connectivity index (χ4n) is 2.26. The molecule has 6 heteroatoms. The lowest BCUT2D eigenvalue weighted by atomic mass is 10.1. The molecule has 0 saturated carbocycles. The van der Waals surface area contributed by atoms with E-state index in [-0.39, 0.29) is 11.5 Å². The van der Waals surface area contributed by atoms with Crippen LogP contribution in [0.4, 0.5) is 0 Å². The van der Waals surface area contributed by atoms with Gasteiger partial charge in [-0.15, -0.1) is 0 Å². The number of nitrogens with one attached hydrogen (secondary N) is 2. The zero-order chi connectivity index (χ0) is 16.3. The van der Waals surface area contributed by atoms with Gasteiger partial charge in [0.05, 0.1) is 10.9 Å². The topological polar surface area (TPSA) is 84.0 Å². The van der Waals surface area contributed by atoms with Crippen LogP contribution in [0.5, 0.6) is 0 Å². The minimum Gasteiger partial charge on any atom is -0.352 e. The molecule has 0 atom stereocenters. The molecule has 0 unspecified atom stereocenters. The molecule has 2 aromatic rings. The number of fused-ring (bicyclic) bond motifs is 1. The van der Waals surface area contributed by atoms with Gasteiger partial charge < -0.3 is 10.3 Å². The molecular weight excluding hydrogens is 282 g/mol. The lowest BCUT2D eigenvalue weighted by molar-refractivity contribution is 0.0952. The number of aromatic amines is 1. The van der Waals surface area contributed by atoms with Crippen LogP contribution in [0.2, 0.25) is 0 Å². The van der Waals surface area contributed by atoms with Crippen LogP contribution in [0.15, 0.2) is 27.8 Å². The lowest BCUT2D eigenvalue weighted by Gasteiger charge is -2.08. The molecular formula is C16H21N3O3. The maximum Gasteiger partial charge on any atom is 0.328 e. The maximum absolute atomic E-state index is 12.2. The molecule has 1 aromatic heterocycles. The van der Waals surface area contributed by atoms with Gasteiger partial charge in [0.25, 0.3) is 11.5 Å². The summed E-state index contributed by atoms with van der Waals surface area (Å²) in [7, 11) is 0. The van der Waals surface area contributed by atoms with Crippen LogP contribution < -0.4 is 16.6 Å². The number of hydrogen-bond donors (Lipinski definition) is 2. The van der Waals surface area contributed by atoms with Crippen molar-refractivity contribution >= 4 is 16.8 Å². The molecule has 0 saturated heterocycles. The fraction of sp³-hybridized carbons (Fsp3) is 0.438. The molecule has 0 aliphatic heterocycles. The Hall–Kier alpha value is -2.37. The minimum absolute atomic E-state index is 0.205. The number of benzene rings is 1. The summed E-state index contributed by atoms with van der Waals surface area (Å²) in [5.41, 5.74) is 0.0159. The highest BCUT2D eigenvalue weighted by Crippen LogP contribution is 2.09. The third-order valence-electron chi connectivity index (χ3n) is 3.57. The molecule has 1 amide bonds. The average Bonchev–Trinajstić information content (AvgIpc) is 2.46. The molecule has 118 valence electrons. The number of carbonyl (C=O) groups is 1. The van der Waals surface area contributed by atoms with E-state index in [1.807, 2.05) is 0 Å². The van der Waals surface area contributed by atoms with Gasteiger partial charge >= 0.3 is 5.69 Å². The van der Waals surface area contributed by atoms with Crippen LogP contribution in [0.1, 0.15) is 37.6 Å². The first-order chi connectivity index (χ1) is 10.4. The molecule has 0 aliphatic carbocycles. The zero-order valence-electron chi connectivity index (χ0n) is 13.1. The normalized spacial score (nSPS) is 11.1. The largest absolute Gasteiger partial charge is 0.352 e. The van der Waals surface area contributed by atoms with Gasteiger partial charge in [0.15, 0.2) is 0 Å². The molecule has 0 aliphatic rings. The molecule has 0 fully saturated rings. The van der Waals surface area contributed by atoms with Gasteiger partial charge in [0.2, 0.25) is 0 Å².